The standard InChI is InChI=1S/C40H30FN3O3S/c41-34-23-9-10-24-35(34)43-40(47)37(28-14-3-1-4-15-28)48-32-21-12-20-31(26-32)42-39(46)36(44-38(45)29-16-5-2-6-17-29)25-30-19-11-18-27-13-7-8-22-33(27)30/h1-26,37H,(H,42,46)(H,43,47)(H,44,45)/b36-25+. The van der Waals surface area contributed by atoms with Crippen molar-refractivity contribution in [2.45, 2.75) is 10.1 Å². The molecule has 0 bridgehead atoms. The van der Waals surface area contributed by atoms with Gasteiger partial charge in [0.15, 0.2) is 0 Å². The van der Waals surface area contributed by atoms with E-state index < -0.39 is 28.8 Å². The Labute approximate surface area is 281 Å². The summed E-state index contributed by atoms with van der Waals surface area (Å²) < 4.78 is 14.4. The maximum Gasteiger partial charge on any atom is 0.272 e. The van der Waals surface area contributed by atoms with Crippen molar-refractivity contribution < 1.29 is 18.8 Å². The average Bonchev–Trinajstić information content (AvgIpc) is 3.12. The van der Waals surface area contributed by atoms with Crippen LogP contribution in [0.1, 0.15) is 26.7 Å². The molecule has 3 amide bonds. The molecule has 0 aliphatic carbocycles. The van der Waals surface area contributed by atoms with Gasteiger partial charge in [-0.25, -0.2) is 4.39 Å². The fourth-order valence-electron chi connectivity index (χ4n) is 5.12. The van der Waals surface area contributed by atoms with Crippen LogP contribution in [0.15, 0.2) is 162 Å². The normalized spacial score (nSPS) is 11.8. The number of halogens is 1. The van der Waals surface area contributed by atoms with Gasteiger partial charge in [0, 0.05) is 16.1 Å². The van der Waals surface area contributed by atoms with Crippen LogP contribution >= 0.6 is 11.8 Å². The molecule has 0 spiro atoms. The Kier molecular flexibility index (Phi) is 10.0. The average molecular weight is 652 g/mol. The summed E-state index contributed by atoms with van der Waals surface area (Å²) in [6.07, 6.45) is 1.66. The molecular formula is C40H30FN3O3S. The Balaban J connectivity index is 1.27. The highest BCUT2D eigenvalue weighted by molar-refractivity contribution is 8.00. The number of amides is 3. The summed E-state index contributed by atoms with van der Waals surface area (Å²) in [5, 5.41) is 9.62. The predicted molar refractivity (Wildman–Crippen MR) is 191 cm³/mol. The fourth-order valence-corrected chi connectivity index (χ4v) is 6.20. The molecule has 3 N–H and O–H groups in total. The Morgan fingerprint density at radius 1 is 0.667 bits per heavy atom. The van der Waals surface area contributed by atoms with Gasteiger partial charge in [0.05, 0.1) is 5.69 Å². The highest BCUT2D eigenvalue weighted by atomic mass is 32.2. The van der Waals surface area contributed by atoms with E-state index in [1.165, 1.54) is 23.9 Å². The van der Waals surface area contributed by atoms with Gasteiger partial charge in [0.25, 0.3) is 11.8 Å². The largest absolute Gasteiger partial charge is 0.322 e. The lowest BCUT2D eigenvalue weighted by Crippen LogP contribution is -2.30. The second-order valence-corrected chi connectivity index (χ2v) is 12.0. The molecule has 0 aliphatic rings. The van der Waals surface area contributed by atoms with Gasteiger partial charge in [0.1, 0.15) is 16.8 Å². The number of rotatable bonds is 10. The summed E-state index contributed by atoms with van der Waals surface area (Å²) in [5.41, 5.74) is 2.52. The van der Waals surface area contributed by atoms with Gasteiger partial charge in [0.2, 0.25) is 5.91 Å². The molecule has 0 saturated carbocycles. The lowest BCUT2D eigenvalue weighted by molar-refractivity contribution is -0.116. The van der Waals surface area contributed by atoms with E-state index in [1.807, 2.05) is 84.9 Å². The van der Waals surface area contributed by atoms with Gasteiger partial charge in [-0.3, -0.25) is 14.4 Å². The van der Waals surface area contributed by atoms with E-state index in [9.17, 15) is 18.8 Å². The number of carbonyl (C=O) groups excluding carboxylic acids is 3. The summed E-state index contributed by atoms with van der Waals surface area (Å²) in [6.45, 7) is 0. The third-order valence-electron chi connectivity index (χ3n) is 7.47. The van der Waals surface area contributed by atoms with Crippen LogP contribution in [-0.4, -0.2) is 17.7 Å². The number of hydrogen-bond acceptors (Lipinski definition) is 4. The SMILES string of the molecule is O=C(Nc1cccc(SC(C(=O)Nc2ccccc2F)c2ccccc2)c1)/C(=C\c1cccc2ccccc12)NC(=O)c1ccccc1. The molecule has 1 atom stereocenters. The number of anilines is 2. The monoisotopic (exact) mass is 651 g/mol. The molecular weight excluding hydrogens is 622 g/mol. The molecule has 1 unspecified atom stereocenters. The van der Waals surface area contributed by atoms with E-state index in [0.29, 0.717) is 16.1 Å². The van der Waals surface area contributed by atoms with E-state index >= 15 is 0 Å². The summed E-state index contributed by atoms with van der Waals surface area (Å²) in [7, 11) is 0. The first-order valence-electron chi connectivity index (χ1n) is 15.2. The van der Waals surface area contributed by atoms with Crippen LogP contribution in [0.5, 0.6) is 0 Å². The maximum atomic E-state index is 14.4. The van der Waals surface area contributed by atoms with Gasteiger partial charge < -0.3 is 16.0 Å². The topological polar surface area (TPSA) is 87.3 Å². The molecule has 48 heavy (non-hydrogen) atoms. The van der Waals surface area contributed by atoms with Crippen molar-refractivity contribution in [1.82, 2.24) is 5.32 Å². The van der Waals surface area contributed by atoms with E-state index in [4.69, 9.17) is 0 Å². The number of hydrogen-bond donors (Lipinski definition) is 3. The zero-order chi connectivity index (χ0) is 33.3. The first kappa shape index (κ1) is 32.0. The zero-order valence-electron chi connectivity index (χ0n) is 25.6. The summed E-state index contributed by atoms with van der Waals surface area (Å²) in [6, 6.07) is 44.5. The number of benzene rings is 6. The minimum absolute atomic E-state index is 0.0599. The summed E-state index contributed by atoms with van der Waals surface area (Å²) in [5.74, 6) is -1.87. The van der Waals surface area contributed by atoms with Crippen LogP contribution in [0.3, 0.4) is 0 Å². The highest BCUT2D eigenvalue weighted by Gasteiger charge is 2.23. The van der Waals surface area contributed by atoms with Crippen molar-refractivity contribution in [2.75, 3.05) is 10.6 Å². The van der Waals surface area contributed by atoms with E-state index in [2.05, 4.69) is 16.0 Å². The first-order valence-corrected chi connectivity index (χ1v) is 16.1. The smallest absolute Gasteiger partial charge is 0.272 e. The second-order valence-electron chi connectivity index (χ2n) is 10.8. The van der Waals surface area contributed by atoms with Crippen LogP contribution in [-0.2, 0) is 9.59 Å². The van der Waals surface area contributed by atoms with Gasteiger partial charge >= 0.3 is 0 Å². The van der Waals surface area contributed by atoms with E-state index in [1.54, 1.807) is 60.7 Å². The molecule has 6 aromatic rings. The summed E-state index contributed by atoms with van der Waals surface area (Å²) in [4.78, 5) is 41.2. The molecule has 8 heteroatoms. The van der Waals surface area contributed by atoms with Crippen LogP contribution < -0.4 is 16.0 Å². The Hall–Kier alpha value is -5.99. The molecule has 0 fully saturated rings. The van der Waals surface area contributed by atoms with Gasteiger partial charge in [-0.2, -0.15) is 0 Å². The fraction of sp³-hybridized carbons (Fsp3) is 0.0250. The minimum Gasteiger partial charge on any atom is -0.322 e. The number of para-hydroxylation sites is 1. The molecule has 236 valence electrons. The molecule has 6 aromatic carbocycles. The second kappa shape index (κ2) is 15.1. The van der Waals surface area contributed by atoms with E-state index in [0.717, 1.165) is 21.9 Å². The quantitative estimate of drug-likeness (QED) is 0.102. The Morgan fingerprint density at radius 3 is 2.12 bits per heavy atom. The third-order valence-corrected chi connectivity index (χ3v) is 8.72. The first-order chi connectivity index (χ1) is 23.4. The van der Waals surface area contributed by atoms with Crippen molar-refractivity contribution >= 4 is 57.7 Å². The van der Waals surface area contributed by atoms with Crippen molar-refractivity contribution in [3.05, 3.63) is 180 Å². The number of carbonyl (C=O) groups is 3. The molecule has 6 rings (SSSR count). The number of thioether (sulfide) groups is 1. The van der Waals surface area contributed by atoms with E-state index in [-0.39, 0.29) is 11.4 Å². The maximum absolute atomic E-state index is 14.4. The van der Waals surface area contributed by atoms with Crippen molar-refractivity contribution in [3.8, 4) is 0 Å². The Morgan fingerprint density at radius 2 is 1.33 bits per heavy atom. The van der Waals surface area contributed by atoms with Crippen molar-refractivity contribution in [2.24, 2.45) is 0 Å². The number of fused-ring (bicyclic) bond motifs is 1. The zero-order valence-corrected chi connectivity index (χ0v) is 26.4. The van der Waals surface area contributed by atoms with Crippen molar-refractivity contribution in [3.63, 3.8) is 0 Å². The number of nitrogens with one attached hydrogen (secondary N) is 3. The van der Waals surface area contributed by atoms with Crippen LogP contribution in [0.4, 0.5) is 15.8 Å². The van der Waals surface area contributed by atoms with Crippen LogP contribution in [0.25, 0.3) is 16.8 Å². The van der Waals surface area contributed by atoms with Gasteiger partial charge in [-0.15, -0.1) is 11.8 Å². The van der Waals surface area contributed by atoms with Crippen molar-refractivity contribution in [1.29, 1.82) is 0 Å². The molecule has 6 nitrogen and oxygen atoms in total. The van der Waals surface area contributed by atoms with Gasteiger partial charge in [-0.1, -0.05) is 109 Å². The predicted octanol–water partition coefficient (Wildman–Crippen LogP) is 8.86. The van der Waals surface area contributed by atoms with Crippen LogP contribution in [0, 0.1) is 5.82 Å². The lowest BCUT2D eigenvalue weighted by Gasteiger charge is -2.18. The Bertz CT molecular complexity index is 2110. The van der Waals surface area contributed by atoms with Gasteiger partial charge in [-0.05, 0) is 70.4 Å². The molecule has 0 aliphatic heterocycles. The molecule has 0 radical (unpaired) electrons. The third kappa shape index (κ3) is 7.86. The minimum atomic E-state index is -0.719. The molecule has 0 heterocycles. The lowest BCUT2D eigenvalue weighted by atomic mass is 10.0. The summed E-state index contributed by atoms with van der Waals surface area (Å²) >= 11 is 1.27. The molecule has 0 aromatic heterocycles. The van der Waals surface area contributed by atoms with Crippen LogP contribution in [0.2, 0.25) is 0 Å². The highest BCUT2D eigenvalue weighted by Crippen LogP contribution is 2.37. The molecule has 0 saturated heterocycles.